The van der Waals surface area contributed by atoms with Crippen molar-refractivity contribution in [2.45, 2.75) is 25.2 Å². The van der Waals surface area contributed by atoms with Gasteiger partial charge in [0.2, 0.25) is 5.13 Å². The summed E-state index contributed by atoms with van der Waals surface area (Å²) in [7, 11) is 0. The highest BCUT2D eigenvalue weighted by atomic mass is 32.1. The van der Waals surface area contributed by atoms with Crippen molar-refractivity contribution in [3.05, 3.63) is 70.7 Å². The summed E-state index contributed by atoms with van der Waals surface area (Å²) in [6.07, 6.45) is 3.10. The molecule has 1 saturated carbocycles. The molecule has 1 N–H and O–H groups in total. The van der Waals surface area contributed by atoms with Crippen LogP contribution in [0.2, 0.25) is 0 Å². The van der Waals surface area contributed by atoms with E-state index in [1.807, 2.05) is 42.5 Å². The Morgan fingerprint density at radius 3 is 2.65 bits per heavy atom. The van der Waals surface area contributed by atoms with Crippen molar-refractivity contribution in [1.82, 2.24) is 10.2 Å². The molecule has 0 radical (unpaired) electrons. The smallest absolute Gasteiger partial charge is 0.264 e. The number of ether oxygens (including phenoxy) is 1. The number of benzene rings is 2. The van der Waals surface area contributed by atoms with Gasteiger partial charge in [0.25, 0.3) is 5.91 Å². The second kappa shape index (κ2) is 7.66. The Morgan fingerprint density at radius 1 is 1.08 bits per heavy atom. The van der Waals surface area contributed by atoms with E-state index in [9.17, 15) is 4.79 Å². The third kappa shape index (κ3) is 4.26. The minimum Gasteiger partial charge on any atom is -0.483 e. The van der Waals surface area contributed by atoms with Gasteiger partial charge >= 0.3 is 0 Å². The number of hydrogen-bond donors (Lipinski definition) is 1. The number of nitrogens with zero attached hydrogens (tertiary/aromatic N) is 2. The first-order valence-corrected chi connectivity index (χ1v) is 9.47. The molecule has 1 aromatic heterocycles. The van der Waals surface area contributed by atoms with E-state index in [0.29, 0.717) is 11.0 Å². The summed E-state index contributed by atoms with van der Waals surface area (Å²) in [6.45, 7) is -0.0514. The number of rotatable bonds is 7. The van der Waals surface area contributed by atoms with Gasteiger partial charge in [-0.3, -0.25) is 10.1 Å². The van der Waals surface area contributed by atoms with Crippen molar-refractivity contribution < 1.29 is 9.53 Å². The number of anilines is 1. The molecule has 1 heterocycles. The quantitative estimate of drug-likeness (QED) is 0.687. The molecule has 0 spiro atoms. The molecule has 0 saturated heterocycles. The van der Waals surface area contributed by atoms with Crippen LogP contribution in [-0.4, -0.2) is 22.7 Å². The van der Waals surface area contributed by atoms with Gasteiger partial charge in [-0.15, -0.1) is 10.2 Å². The lowest BCUT2D eigenvalue weighted by Crippen LogP contribution is -2.20. The molecule has 0 aliphatic heterocycles. The van der Waals surface area contributed by atoms with Crippen LogP contribution in [0.4, 0.5) is 5.13 Å². The van der Waals surface area contributed by atoms with Gasteiger partial charge in [-0.25, -0.2) is 0 Å². The van der Waals surface area contributed by atoms with Gasteiger partial charge in [-0.1, -0.05) is 59.9 Å². The molecular formula is C20H19N3O2S. The van der Waals surface area contributed by atoms with E-state index in [0.717, 1.165) is 22.7 Å². The van der Waals surface area contributed by atoms with Crippen LogP contribution in [0.3, 0.4) is 0 Å². The van der Waals surface area contributed by atoms with Crippen LogP contribution in [0.15, 0.2) is 54.6 Å². The van der Waals surface area contributed by atoms with Gasteiger partial charge in [-0.05, 0) is 30.0 Å². The lowest BCUT2D eigenvalue weighted by atomic mass is 10.0. The van der Waals surface area contributed by atoms with Crippen LogP contribution < -0.4 is 10.1 Å². The Morgan fingerprint density at radius 2 is 1.85 bits per heavy atom. The average Bonchev–Trinajstić information content (AvgIpc) is 3.42. The first kappa shape index (κ1) is 16.7. The topological polar surface area (TPSA) is 64.1 Å². The number of carbonyl (C=O) groups excluding carboxylic acids is 1. The molecule has 0 unspecified atom stereocenters. The van der Waals surface area contributed by atoms with E-state index in [-0.39, 0.29) is 12.5 Å². The fourth-order valence-corrected chi connectivity index (χ4v) is 3.61. The van der Waals surface area contributed by atoms with Crippen molar-refractivity contribution >= 4 is 22.4 Å². The zero-order valence-electron chi connectivity index (χ0n) is 14.2. The molecule has 132 valence electrons. The zero-order chi connectivity index (χ0) is 17.8. The lowest BCUT2D eigenvalue weighted by molar-refractivity contribution is -0.118. The summed E-state index contributed by atoms with van der Waals surface area (Å²) in [4.78, 5) is 12.2. The molecular weight excluding hydrogens is 346 g/mol. The first-order valence-electron chi connectivity index (χ1n) is 8.66. The molecule has 2 aromatic carbocycles. The molecule has 5 nitrogen and oxygen atoms in total. The van der Waals surface area contributed by atoms with Crippen LogP contribution in [-0.2, 0) is 11.2 Å². The summed E-state index contributed by atoms with van der Waals surface area (Å²) in [5.41, 5.74) is 2.26. The SMILES string of the molecule is O=C(COc1ccccc1Cc1ccccc1)Nc1nnc(C2CC2)s1. The minimum atomic E-state index is -0.224. The molecule has 1 fully saturated rings. The van der Waals surface area contributed by atoms with Gasteiger partial charge < -0.3 is 4.74 Å². The number of amides is 1. The lowest BCUT2D eigenvalue weighted by Gasteiger charge is -2.11. The molecule has 1 amide bonds. The van der Waals surface area contributed by atoms with Crippen LogP contribution in [0.25, 0.3) is 0 Å². The van der Waals surface area contributed by atoms with E-state index in [4.69, 9.17) is 4.74 Å². The standard InChI is InChI=1S/C20H19N3O2S/c24-18(21-20-23-22-19(26-20)15-10-11-15)13-25-17-9-5-4-8-16(17)12-14-6-2-1-3-7-14/h1-9,15H,10-13H2,(H,21,23,24). The number of carbonyl (C=O) groups is 1. The summed E-state index contributed by atoms with van der Waals surface area (Å²) < 4.78 is 5.75. The van der Waals surface area contributed by atoms with Gasteiger partial charge in [0.1, 0.15) is 10.8 Å². The average molecular weight is 365 g/mol. The van der Waals surface area contributed by atoms with E-state index in [1.54, 1.807) is 0 Å². The molecule has 26 heavy (non-hydrogen) atoms. The third-order valence-electron chi connectivity index (χ3n) is 4.18. The fraction of sp³-hybridized carbons (Fsp3) is 0.250. The fourth-order valence-electron chi connectivity index (χ4n) is 2.69. The monoisotopic (exact) mass is 365 g/mol. The second-order valence-corrected chi connectivity index (χ2v) is 7.34. The van der Waals surface area contributed by atoms with Crippen molar-refractivity contribution in [2.24, 2.45) is 0 Å². The maximum Gasteiger partial charge on any atom is 0.264 e. The van der Waals surface area contributed by atoms with Crippen LogP contribution in [0.5, 0.6) is 5.75 Å². The van der Waals surface area contributed by atoms with Crippen molar-refractivity contribution in [3.8, 4) is 5.75 Å². The van der Waals surface area contributed by atoms with E-state index in [2.05, 4.69) is 27.6 Å². The van der Waals surface area contributed by atoms with Crippen LogP contribution >= 0.6 is 11.3 Å². The van der Waals surface area contributed by atoms with Gasteiger partial charge in [0, 0.05) is 12.3 Å². The summed E-state index contributed by atoms with van der Waals surface area (Å²) in [6, 6.07) is 18.0. The first-order chi connectivity index (χ1) is 12.8. The predicted molar refractivity (Wildman–Crippen MR) is 102 cm³/mol. The van der Waals surface area contributed by atoms with E-state index in [1.165, 1.54) is 29.7 Å². The minimum absolute atomic E-state index is 0.0514. The van der Waals surface area contributed by atoms with Crippen LogP contribution in [0.1, 0.15) is 34.9 Å². The van der Waals surface area contributed by atoms with Crippen molar-refractivity contribution in [1.29, 1.82) is 0 Å². The Balaban J connectivity index is 1.35. The largest absolute Gasteiger partial charge is 0.483 e. The highest BCUT2D eigenvalue weighted by Gasteiger charge is 2.27. The highest BCUT2D eigenvalue weighted by Crippen LogP contribution is 2.42. The number of para-hydroxylation sites is 1. The highest BCUT2D eigenvalue weighted by molar-refractivity contribution is 7.15. The molecule has 4 rings (SSSR count). The molecule has 0 bridgehead atoms. The predicted octanol–water partition coefficient (Wildman–Crippen LogP) is 4.02. The zero-order valence-corrected chi connectivity index (χ0v) is 15.0. The normalized spacial score (nSPS) is 13.4. The van der Waals surface area contributed by atoms with Crippen molar-refractivity contribution in [3.63, 3.8) is 0 Å². The third-order valence-corrected chi connectivity index (χ3v) is 5.18. The summed E-state index contributed by atoms with van der Waals surface area (Å²) >= 11 is 1.45. The van der Waals surface area contributed by atoms with E-state index >= 15 is 0 Å². The van der Waals surface area contributed by atoms with Gasteiger partial charge in [0.05, 0.1) is 0 Å². The maximum atomic E-state index is 12.2. The molecule has 0 atom stereocenters. The molecule has 6 heteroatoms. The van der Waals surface area contributed by atoms with Gasteiger partial charge in [0.15, 0.2) is 6.61 Å². The Labute approximate surface area is 156 Å². The Bertz CT molecular complexity index is 891. The van der Waals surface area contributed by atoms with Gasteiger partial charge in [-0.2, -0.15) is 0 Å². The number of hydrogen-bond acceptors (Lipinski definition) is 5. The summed E-state index contributed by atoms with van der Waals surface area (Å²) in [5.74, 6) is 1.04. The molecule has 1 aliphatic rings. The van der Waals surface area contributed by atoms with Crippen LogP contribution in [0, 0.1) is 0 Å². The summed E-state index contributed by atoms with van der Waals surface area (Å²) in [5, 5.41) is 12.5. The number of nitrogens with one attached hydrogen (secondary N) is 1. The second-order valence-electron chi connectivity index (χ2n) is 6.33. The van der Waals surface area contributed by atoms with Crippen molar-refractivity contribution in [2.75, 3.05) is 11.9 Å². The van der Waals surface area contributed by atoms with E-state index < -0.39 is 0 Å². The Hall–Kier alpha value is -2.73. The molecule has 3 aromatic rings. The number of aromatic nitrogens is 2. The maximum absolute atomic E-state index is 12.2. The molecule has 1 aliphatic carbocycles. The Kier molecular flexibility index (Phi) is 4.93.